The van der Waals surface area contributed by atoms with Crippen molar-refractivity contribution in [3.05, 3.63) is 83.4 Å². The van der Waals surface area contributed by atoms with Gasteiger partial charge < -0.3 is 14.8 Å². The van der Waals surface area contributed by atoms with Crippen molar-refractivity contribution in [3.63, 3.8) is 0 Å². The van der Waals surface area contributed by atoms with Gasteiger partial charge in [-0.3, -0.25) is 0 Å². The molecule has 1 N–H and O–H groups in total. The smallest absolute Gasteiger partial charge is 0.416 e. The fraction of sp³-hybridized carbons (Fsp3) is 0.280. The van der Waals surface area contributed by atoms with E-state index in [2.05, 4.69) is 11.4 Å². The van der Waals surface area contributed by atoms with E-state index < -0.39 is 11.7 Å². The molecule has 31 heavy (non-hydrogen) atoms. The highest BCUT2D eigenvalue weighted by Crippen LogP contribution is 2.36. The lowest BCUT2D eigenvalue weighted by atomic mass is 10.0. The van der Waals surface area contributed by atoms with E-state index in [9.17, 15) is 13.2 Å². The second-order valence-electron chi connectivity index (χ2n) is 7.64. The molecule has 1 aliphatic rings. The van der Waals surface area contributed by atoms with Crippen LogP contribution >= 0.6 is 0 Å². The summed E-state index contributed by atoms with van der Waals surface area (Å²) in [6.07, 6.45) is -2.46. The Labute approximate surface area is 179 Å². The molecule has 0 aliphatic carbocycles. The topological polar surface area (TPSA) is 30.5 Å². The number of methoxy groups -OCH3 is 1. The molecule has 0 saturated carbocycles. The minimum atomic E-state index is -4.35. The molecule has 162 valence electrons. The molecule has 0 saturated heterocycles. The number of hydrogen-bond donors (Lipinski definition) is 1. The predicted octanol–water partition coefficient (Wildman–Crippen LogP) is 5.86. The molecule has 0 radical (unpaired) electrons. The van der Waals surface area contributed by atoms with Crippen LogP contribution in [0.2, 0.25) is 0 Å². The number of hydrogen-bond acceptors (Lipinski definition) is 3. The Morgan fingerprint density at radius 3 is 2.52 bits per heavy atom. The molecule has 1 unspecified atom stereocenters. The Morgan fingerprint density at radius 1 is 1.00 bits per heavy atom. The van der Waals surface area contributed by atoms with Gasteiger partial charge in [0, 0.05) is 13.1 Å². The number of para-hydroxylation sites is 1. The molecule has 4 rings (SSSR count). The minimum absolute atomic E-state index is 0.0375. The monoisotopic (exact) mass is 427 g/mol. The maximum absolute atomic E-state index is 13.0. The highest BCUT2D eigenvalue weighted by molar-refractivity contribution is 5.65. The first-order valence-corrected chi connectivity index (χ1v) is 10.2. The number of aryl methyl sites for hydroxylation is 1. The van der Waals surface area contributed by atoms with Crippen LogP contribution in [0.15, 0.2) is 66.7 Å². The van der Waals surface area contributed by atoms with Crippen LogP contribution in [0, 0.1) is 0 Å². The van der Waals surface area contributed by atoms with Gasteiger partial charge in [-0.25, -0.2) is 0 Å². The van der Waals surface area contributed by atoms with Crippen LogP contribution in [0.1, 0.15) is 23.1 Å². The molecule has 1 aliphatic heterocycles. The summed E-state index contributed by atoms with van der Waals surface area (Å²) in [5.74, 6) is 1.56. The lowest BCUT2D eigenvalue weighted by molar-refractivity contribution is -0.137. The van der Waals surface area contributed by atoms with Crippen LogP contribution in [0.3, 0.4) is 0 Å². The highest BCUT2D eigenvalue weighted by Gasteiger charge is 2.30. The Bertz CT molecular complexity index is 1030. The van der Waals surface area contributed by atoms with Crippen molar-refractivity contribution < 1.29 is 22.6 Å². The van der Waals surface area contributed by atoms with E-state index in [1.807, 2.05) is 36.4 Å². The third-order valence-electron chi connectivity index (χ3n) is 5.45. The van der Waals surface area contributed by atoms with Crippen LogP contribution < -0.4 is 14.8 Å². The second kappa shape index (κ2) is 9.02. The summed E-state index contributed by atoms with van der Waals surface area (Å²) in [4.78, 5) is 0. The number of alkyl halides is 3. The molecule has 0 aromatic heterocycles. The van der Waals surface area contributed by atoms with E-state index in [4.69, 9.17) is 9.47 Å². The lowest BCUT2D eigenvalue weighted by Crippen LogP contribution is -2.34. The van der Waals surface area contributed by atoms with Crippen LogP contribution in [-0.2, 0) is 19.1 Å². The summed E-state index contributed by atoms with van der Waals surface area (Å²) in [5.41, 5.74) is 2.83. The third kappa shape index (κ3) is 5.02. The molecule has 3 aromatic carbocycles. The molecule has 6 heteroatoms. The zero-order valence-corrected chi connectivity index (χ0v) is 17.2. The average molecular weight is 427 g/mol. The molecule has 0 amide bonds. The summed E-state index contributed by atoms with van der Waals surface area (Å²) in [7, 11) is 1.64. The maximum atomic E-state index is 13.0. The average Bonchev–Trinajstić information content (AvgIpc) is 2.78. The van der Waals surface area contributed by atoms with Crippen molar-refractivity contribution in [1.82, 2.24) is 5.32 Å². The third-order valence-corrected chi connectivity index (χ3v) is 5.45. The number of nitrogens with one attached hydrogen (secondary N) is 1. The number of fused-ring (bicyclic) bond motifs is 1. The van der Waals surface area contributed by atoms with Gasteiger partial charge in [-0.15, -0.1) is 0 Å². The van der Waals surface area contributed by atoms with Crippen LogP contribution in [0.4, 0.5) is 13.2 Å². The van der Waals surface area contributed by atoms with Gasteiger partial charge in [0.25, 0.3) is 0 Å². The molecule has 1 atom stereocenters. The van der Waals surface area contributed by atoms with Gasteiger partial charge in [-0.1, -0.05) is 42.5 Å². The first kappa shape index (κ1) is 21.2. The quantitative estimate of drug-likeness (QED) is 0.534. The van der Waals surface area contributed by atoms with Crippen LogP contribution in [0.5, 0.6) is 11.5 Å². The molecule has 3 nitrogen and oxygen atoms in total. The van der Waals surface area contributed by atoms with Crippen molar-refractivity contribution in [2.75, 3.05) is 13.7 Å². The summed E-state index contributed by atoms with van der Waals surface area (Å²) in [5, 5.41) is 3.41. The summed E-state index contributed by atoms with van der Waals surface area (Å²) in [6, 6.07) is 18.9. The molecule has 3 aromatic rings. The van der Waals surface area contributed by atoms with E-state index in [1.54, 1.807) is 13.2 Å². The van der Waals surface area contributed by atoms with E-state index in [0.29, 0.717) is 18.7 Å². The second-order valence-corrected chi connectivity index (χ2v) is 7.64. The Hall–Kier alpha value is -2.99. The number of halogens is 3. The van der Waals surface area contributed by atoms with E-state index in [-0.39, 0.29) is 6.10 Å². The van der Waals surface area contributed by atoms with E-state index in [1.165, 1.54) is 12.1 Å². The molecule has 0 fully saturated rings. The van der Waals surface area contributed by atoms with Crippen molar-refractivity contribution in [2.24, 2.45) is 0 Å². The van der Waals surface area contributed by atoms with Crippen molar-refractivity contribution in [1.29, 1.82) is 0 Å². The van der Waals surface area contributed by atoms with Crippen molar-refractivity contribution in [2.45, 2.75) is 31.7 Å². The Balaban J connectivity index is 1.38. The number of rotatable bonds is 6. The van der Waals surface area contributed by atoms with Gasteiger partial charge in [0.2, 0.25) is 0 Å². The standard InChI is InChI=1S/C25H24F3NO2/c1-30-23-10-4-6-18-11-12-22(31-24(18)23)16-29-15-17-5-2-7-19(13-17)20-8-3-9-21(14-20)25(26,27)28/h2-10,13-14,22,29H,11-12,15-16H2,1H3. The first-order chi connectivity index (χ1) is 14.9. The van der Waals surface area contributed by atoms with Gasteiger partial charge in [0.15, 0.2) is 11.5 Å². The zero-order chi connectivity index (χ0) is 21.8. The molecular formula is C25H24F3NO2. The highest BCUT2D eigenvalue weighted by atomic mass is 19.4. The number of benzene rings is 3. The molecule has 1 heterocycles. The summed E-state index contributed by atoms with van der Waals surface area (Å²) in [6.45, 7) is 1.27. The van der Waals surface area contributed by atoms with E-state index >= 15 is 0 Å². The summed E-state index contributed by atoms with van der Waals surface area (Å²) < 4.78 is 50.6. The number of ether oxygens (including phenoxy) is 2. The van der Waals surface area contributed by atoms with Crippen LogP contribution in [-0.4, -0.2) is 19.8 Å². The van der Waals surface area contributed by atoms with Crippen molar-refractivity contribution >= 4 is 0 Å². The normalized spacial score (nSPS) is 15.8. The lowest BCUT2D eigenvalue weighted by Gasteiger charge is -2.27. The fourth-order valence-electron chi connectivity index (χ4n) is 3.85. The van der Waals surface area contributed by atoms with E-state index in [0.717, 1.165) is 47.1 Å². The van der Waals surface area contributed by atoms with Gasteiger partial charge in [-0.05, 0) is 59.4 Å². The Kier molecular flexibility index (Phi) is 6.18. The van der Waals surface area contributed by atoms with Crippen molar-refractivity contribution in [3.8, 4) is 22.6 Å². The summed E-state index contributed by atoms with van der Waals surface area (Å²) >= 11 is 0. The zero-order valence-electron chi connectivity index (χ0n) is 17.2. The SMILES string of the molecule is COc1cccc2c1OC(CNCc1cccc(-c3cccc(C(F)(F)F)c3)c1)CC2. The maximum Gasteiger partial charge on any atom is 0.416 e. The minimum Gasteiger partial charge on any atom is -0.493 e. The van der Waals surface area contributed by atoms with Crippen LogP contribution in [0.25, 0.3) is 11.1 Å². The molecule has 0 spiro atoms. The van der Waals surface area contributed by atoms with Gasteiger partial charge in [-0.2, -0.15) is 13.2 Å². The Morgan fingerprint density at radius 2 is 1.74 bits per heavy atom. The fourth-order valence-corrected chi connectivity index (χ4v) is 3.85. The van der Waals surface area contributed by atoms with Gasteiger partial charge >= 0.3 is 6.18 Å². The predicted molar refractivity (Wildman–Crippen MR) is 114 cm³/mol. The largest absolute Gasteiger partial charge is 0.493 e. The first-order valence-electron chi connectivity index (χ1n) is 10.2. The molecular weight excluding hydrogens is 403 g/mol. The molecule has 0 bridgehead atoms. The van der Waals surface area contributed by atoms with Gasteiger partial charge in [0.05, 0.1) is 12.7 Å². The van der Waals surface area contributed by atoms with Gasteiger partial charge in [0.1, 0.15) is 6.10 Å².